The molecule has 0 unspecified atom stereocenters. The minimum atomic E-state index is 0.203. The van der Waals surface area contributed by atoms with Crippen molar-refractivity contribution in [3.05, 3.63) is 36.3 Å². The first-order valence-corrected chi connectivity index (χ1v) is 10.4. The van der Waals surface area contributed by atoms with Gasteiger partial charge in [-0.15, -0.1) is 0 Å². The van der Waals surface area contributed by atoms with E-state index in [0.29, 0.717) is 39.4 Å². The fourth-order valence-electron chi connectivity index (χ4n) is 3.45. The zero-order valence-electron chi connectivity index (χ0n) is 17.4. The Morgan fingerprint density at radius 2 is 1.93 bits per heavy atom. The molecule has 8 heteroatoms. The van der Waals surface area contributed by atoms with Crippen LogP contribution in [0.2, 0.25) is 0 Å². The number of furan rings is 1. The number of nitrogens with zero attached hydrogens (tertiary/aromatic N) is 4. The molecule has 1 aromatic heterocycles. The van der Waals surface area contributed by atoms with Crippen LogP contribution in [0.3, 0.4) is 0 Å². The SMILES string of the molecule is C=C(C)CN=C(NCCc1ccco1)N1CCN(CC(=O)N2CCOCC2)CC1. The fraction of sp³-hybridized carbons (Fsp3) is 0.619. The summed E-state index contributed by atoms with van der Waals surface area (Å²) in [5.74, 6) is 2.07. The molecule has 2 aliphatic heterocycles. The number of rotatable bonds is 7. The average molecular weight is 404 g/mol. The van der Waals surface area contributed by atoms with Gasteiger partial charge >= 0.3 is 0 Å². The quantitative estimate of drug-likeness (QED) is 0.413. The van der Waals surface area contributed by atoms with Crippen molar-refractivity contribution in [3.8, 4) is 0 Å². The first kappa shape index (κ1) is 21.4. The molecule has 0 saturated carbocycles. The second kappa shape index (κ2) is 11.0. The largest absolute Gasteiger partial charge is 0.469 e. The van der Waals surface area contributed by atoms with Crippen molar-refractivity contribution in [2.24, 2.45) is 4.99 Å². The first-order chi connectivity index (χ1) is 14.1. The Morgan fingerprint density at radius 3 is 2.59 bits per heavy atom. The Kier molecular flexibility index (Phi) is 8.13. The molecule has 3 heterocycles. The predicted molar refractivity (Wildman–Crippen MR) is 113 cm³/mol. The number of hydrogen-bond donors (Lipinski definition) is 1. The first-order valence-electron chi connectivity index (χ1n) is 10.4. The van der Waals surface area contributed by atoms with Gasteiger partial charge in [-0.25, -0.2) is 4.99 Å². The van der Waals surface area contributed by atoms with Crippen LogP contribution in [-0.2, 0) is 16.0 Å². The number of nitrogens with one attached hydrogen (secondary N) is 1. The van der Waals surface area contributed by atoms with E-state index in [-0.39, 0.29) is 5.91 Å². The lowest BCUT2D eigenvalue weighted by Crippen LogP contribution is -2.55. The van der Waals surface area contributed by atoms with E-state index in [9.17, 15) is 4.79 Å². The van der Waals surface area contributed by atoms with Gasteiger partial charge in [0.05, 0.1) is 32.6 Å². The lowest BCUT2D eigenvalue weighted by Gasteiger charge is -2.37. The summed E-state index contributed by atoms with van der Waals surface area (Å²) in [6.45, 7) is 13.9. The third kappa shape index (κ3) is 6.90. The summed E-state index contributed by atoms with van der Waals surface area (Å²) in [6, 6.07) is 3.89. The number of hydrogen-bond acceptors (Lipinski definition) is 5. The number of morpholine rings is 1. The molecule has 3 rings (SSSR count). The molecule has 0 radical (unpaired) electrons. The monoisotopic (exact) mass is 403 g/mol. The van der Waals surface area contributed by atoms with Gasteiger partial charge in [0, 0.05) is 52.2 Å². The van der Waals surface area contributed by atoms with Gasteiger partial charge in [-0.1, -0.05) is 12.2 Å². The van der Waals surface area contributed by atoms with Gasteiger partial charge in [-0.3, -0.25) is 9.69 Å². The Balaban J connectivity index is 1.47. The van der Waals surface area contributed by atoms with Crippen molar-refractivity contribution >= 4 is 11.9 Å². The van der Waals surface area contributed by atoms with E-state index < -0.39 is 0 Å². The van der Waals surface area contributed by atoms with Gasteiger partial charge in [-0.2, -0.15) is 0 Å². The van der Waals surface area contributed by atoms with Crippen molar-refractivity contribution in [2.45, 2.75) is 13.3 Å². The molecule has 8 nitrogen and oxygen atoms in total. The smallest absolute Gasteiger partial charge is 0.236 e. The van der Waals surface area contributed by atoms with Crippen LogP contribution in [0.15, 0.2) is 40.0 Å². The average Bonchev–Trinajstić information content (AvgIpc) is 3.25. The van der Waals surface area contributed by atoms with Gasteiger partial charge < -0.3 is 24.3 Å². The number of guanidine groups is 1. The maximum atomic E-state index is 12.5. The second-order valence-corrected chi connectivity index (χ2v) is 7.61. The highest BCUT2D eigenvalue weighted by Crippen LogP contribution is 2.06. The molecular weight excluding hydrogens is 370 g/mol. The van der Waals surface area contributed by atoms with Gasteiger partial charge in [0.15, 0.2) is 5.96 Å². The molecular formula is C21H33N5O3. The van der Waals surface area contributed by atoms with E-state index >= 15 is 0 Å². The summed E-state index contributed by atoms with van der Waals surface area (Å²) >= 11 is 0. The number of carbonyl (C=O) groups is 1. The highest BCUT2D eigenvalue weighted by Gasteiger charge is 2.24. The maximum Gasteiger partial charge on any atom is 0.236 e. The van der Waals surface area contributed by atoms with Crippen molar-refractivity contribution in [1.82, 2.24) is 20.0 Å². The number of piperazine rings is 1. The molecule has 1 N–H and O–H groups in total. The lowest BCUT2D eigenvalue weighted by molar-refractivity contribution is -0.136. The van der Waals surface area contributed by atoms with E-state index in [1.807, 2.05) is 24.0 Å². The topological polar surface area (TPSA) is 73.6 Å². The van der Waals surface area contributed by atoms with Crippen LogP contribution in [-0.4, -0.2) is 98.7 Å². The summed E-state index contributed by atoms with van der Waals surface area (Å²) in [6.07, 6.45) is 2.51. The molecule has 0 aliphatic carbocycles. The lowest BCUT2D eigenvalue weighted by atomic mass is 10.3. The molecule has 1 aromatic rings. The predicted octanol–water partition coefficient (Wildman–Crippen LogP) is 0.820. The number of amides is 1. The normalized spacial score (nSPS) is 18.7. The summed E-state index contributed by atoms with van der Waals surface area (Å²) < 4.78 is 10.7. The second-order valence-electron chi connectivity index (χ2n) is 7.61. The molecule has 29 heavy (non-hydrogen) atoms. The molecule has 0 atom stereocenters. The Labute approximate surface area is 173 Å². The summed E-state index contributed by atoms with van der Waals surface area (Å²) in [5.41, 5.74) is 1.03. The van der Waals surface area contributed by atoms with Crippen molar-refractivity contribution in [1.29, 1.82) is 0 Å². The van der Waals surface area contributed by atoms with Crippen molar-refractivity contribution < 1.29 is 13.9 Å². The van der Waals surface area contributed by atoms with Gasteiger partial charge in [0.25, 0.3) is 0 Å². The molecule has 2 aliphatic rings. The Bertz CT molecular complexity index is 674. The van der Waals surface area contributed by atoms with Crippen LogP contribution in [0.5, 0.6) is 0 Å². The maximum absolute atomic E-state index is 12.5. The third-order valence-corrected chi connectivity index (χ3v) is 5.13. The molecule has 2 saturated heterocycles. The highest BCUT2D eigenvalue weighted by molar-refractivity contribution is 5.80. The highest BCUT2D eigenvalue weighted by atomic mass is 16.5. The van der Waals surface area contributed by atoms with Crippen LogP contribution >= 0.6 is 0 Å². The van der Waals surface area contributed by atoms with Crippen LogP contribution in [0.1, 0.15) is 12.7 Å². The Morgan fingerprint density at radius 1 is 1.17 bits per heavy atom. The number of carbonyl (C=O) groups excluding carboxylic acids is 1. The zero-order chi connectivity index (χ0) is 20.5. The summed E-state index contributed by atoms with van der Waals surface area (Å²) in [7, 11) is 0. The van der Waals surface area contributed by atoms with Crippen LogP contribution in [0.4, 0.5) is 0 Å². The van der Waals surface area contributed by atoms with Crippen molar-refractivity contribution in [2.75, 3.05) is 72.1 Å². The summed E-state index contributed by atoms with van der Waals surface area (Å²) in [4.78, 5) is 23.6. The molecule has 0 bridgehead atoms. The van der Waals surface area contributed by atoms with E-state index in [1.54, 1.807) is 6.26 Å². The van der Waals surface area contributed by atoms with Gasteiger partial charge in [-0.05, 0) is 19.1 Å². The molecule has 0 spiro atoms. The van der Waals surface area contributed by atoms with Gasteiger partial charge in [0.2, 0.25) is 5.91 Å². The minimum absolute atomic E-state index is 0.203. The van der Waals surface area contributed by atoms with Crippen LogP contribution in [0.25, 0.3) is 0 Å². The fourth-order valence-corrected chi connectivity index (χ4v) is 3.45. The van der Waals surface area contributed by atoms with E-state index in [2.05, 4.69) is 21.7 Å². The standard InChI is InChI=1S/C21H33N5O3/c1-18(2)16-23-21(22-6-5-19-4-3-13-29-19)26-9-7-24(8-10-26)17-20(27)25-11-14-28-15-12-25/h3-4,13H,1,5-12,14-17H2,2H3,(H,22,23). The molecule has 0 aromatic carbocycles. The number of ether oxygens (including phenoxy) is 1. The minimum Gasteiger partial charge on any atom is -0.469 e. The molecule has 1 amide bonds. The van der Waals surface area contributed by atoms with E-state index in [1.165, 1.54) is 0 Å². The zero-order valence-corrected chi connectivity index (χ0v) is 17.4. The van der Waals surface area contributed by atoms with Crippen LogP contribution in [0, 0.1) is 0 Å². The Hall–Kier alpha value is -2.32. The summed E-state index contributed by atoms with van der Waals surface area (Å²) in [5, 5.41) is 3.46. The van der Waals surface area contributed by atoms with E-state index in [0.717, 1.165) is 56.4 Å². The van der Waals surface area contributed by atoms with E-state index in [4.69, 9.17) is 14.1 Å². The van der Waals surface area contributed by atoms with Gasteiger partial charge in [0.1, 0.15) is 5.76 Å². The van der Waals surface area contributed by atoms with Crippen molar-refractivity contribution in [3.63, 3.8) is 0 Å². The number of aliphatic imine (C=N–C) groups is 1. The van der Waals surface area contributed by atoms with Crippen LogP contribution < -0.4 is 5.32 Å². The molecule has 160 valence electrons. The molecule has 2 fully saturated rings. The third-order valence-electron chi connectivity index (χ3n) is 5.13.